The van der Waals surface area contributed by atoms with E-state index in [0.29, 0.717) is 0 Å². The summed E-state index contributed by atoms with van der Waals surface area (Å²) in [7, 11) is 0. The smallest absolute Gasteiger partial charge is 0.0475 e. The van der Waals surface area contributed by atoms with E-state index in [1.165, 1.54) is 6.20 Å². The lowest BCUT2D eigenvalue weighted by atomic mass is 10.4. The van der Waals surface area contributed by atoms with Gasteiger partial charge in [0.1, 0.15) is 0 Å². The molecule has 0 atom stereocenters. The molecule has 0 aromatic heterocycles. The molecule has 0 saturated heterocycles. The van der Waals surface area contributed by atoms with Crippen LogP contribution in [0.25, 0.3) is 0 Å². The summed E-state index contributed by atoms with van der Waals surface area (Å²) < 4.78 is 0. The molecule has 0 rings (SSSR count). The minimum absolute atomic E-state index is 1.06. The number of nitrogens with one attached hydrogen (secondary N) is 1. The van der Waals surface area contributed by atoms with Gasteiger partial charge in [0.15, 0.2) is 0 Å². The second kappa shape index (κ2) is 2.57. The zero-order valence-corrected chi connectivity index (χ0v) is 4.02. The van der Waals surface area contributed by atoms with Crippen molar-refractivity contribution in [3.8, 4) is 0 Å². The zero-order valence-electron chi connectivity index (χ0n) is 4.02. The molecule has 0 aliphatic carbocycles. The molecule has 0 aliphatic heterocycles. The van der Waals surface area contributed by atoms with Gasteiger partial charge in [-0.3, -0.25) is 0 Å². The Labute approximate surface area is 37.4 Å². The zero-order chi connectivity index (χ0) is 4.99. The van der Waals surface area contributed by atoms with Crippen LogP contribution >= 0.6 is 0 Å². The summed E-state index contributed by atoms with van der Waals surface area (Å²) in [5.41, 5.74) is 7.34. The lowest BCUT2D eigenvalue weighted by Crippen LogP contribution is -1.54. The number of hydrogen-bond donors (Lipinski definition) is 1. The van der Waals surface area contributed by atoms with E-state index in [4.69, 9.17) is 5.53 Å². The van der Waals surface area contributed by atoms with E-state index in [0.717, 1.165) is 5.57 Å². The van der Waals surface area contributed by atoms with E-state index in [-0.39, 0.29) is 0 Å². The van der Waals surface area contributed by atoms with Gasteiger partial charge in [-0.2, -0.15) is 5.11 Å². The third-order valence-corrected chi connectivity index (χ3v) is 0.323. The normalized spacial score (nSPS) is 7.00. The molecule has 0 heterocycles. The molecule has 0 aromatic rings. The highest BCUT2D eigenvalue weighted by Gasteiger charge is 1.65. The Hall–Kier alpha value is -0.660. The lowest BCUT2D eigenvalue weighted by Gasteiger charge is -1.74. The van der Waals surface area contributed by atoms with Crippen molar-refractivity contribution in [3.05, 3.63) is 11.8 Å². The molecule has 0 aliphatic rings. The summed E-state index contributed by atoms with van der Waals surface area (Å²) in [5.74, 6) is 0. The Kier molecular flexibility index (Phi) is 2.29. The third kappa shape index (κ3) is 3.34. The third-order valence-electron chi connectivity index (χ3n) is 0.323. The molecular weight excluding hydrogens is 76.1 g/mol. The maximum atomic E-state index is 6.28. The van der Waals surface area contributed by atoms with Crippen molar-refractivity contribution in [2.24, 2.45) is 5.11 Å². The molecular formula is C4H8N2. The van der Waals surface area contributed by atoms with Crippen LogP contribution in [0, 0.1) is 5.53 Å². The highest BCUT2D eigenvalue weighted by atomic mass is 14.9. The van der Waals surface area contributed by atoms with Gasteiger partial charge in [0.2, 0.25) is 0 Å². The summed E-state index contributed by atoms with van der Waals surface area (Å²) in [6.45, 7) is 3.80. The van der Waals surface area contributed by atoms with E-state index >= 15 is 0 Å². The predicted octanol–water partition coefficient (Wildman–Crippen LogP) is 1.94. The Balaban J connectivity index is 3.41. The summed E-state index contributed by atoms with van der Waals surface area (Å²) >= 11 is 0. The van der Waals surface area contributed by atoms with Gasteiger partial charge in [0, 0.05) is 6.20 Å². The van der Waals surface area contributed by atoms with Crippen molar-refractivity contribution in [3.63, 3.8) is 0 Å². The maximum absolute atomic E-state index is 6.28. The fourth-order valence-corrected chi connectivity index (χ4v) is 0.129. The van der Waals surface area contributed by atoms with Crippen LogP contribution in [0.5, 0.6) is 0 Å². The maximum Gasteiger partial charge on any atom is 0.0475 e. The standard InChI is InChI=1S/C4H8N2/c1-4(2)3-6-5/h3,5H,1-2H3. The molecule has 34 valence electrons. The van der Waals surface area contributed by atoms with Crippen molar-refractivity contribution in [1.82, 2.24) is 0 Å². The first-order valence-electron chi connectivity index (χ1n) is 1.77. The van der Waals surface area contributed by atoms with E-state index in [9.17, 15) is 0 Å². The van der Waals surface area contributed by atoms with Gasteiger partial charge in [0.25, 0.3) is 0 Å². The predicted molar refractivity (Wildman–Crippen MR) is 24.6 cm³/mol. The molecule has 0 aromatic carbocycles. The van der Waals surface area contributed by atoms with Gasteiger partial charge < -0.3 is 0 Å². The fourth-order valence-electron chi connectivity index (χ4n) is 0.129. The van der Waals surface area contributed by atoms with Crippen molar-refractivity contribution in [2.75, 3.05) is 0 Å². The molecule has 0 radical (unpaired) electrons. The molecule has 0 unspecified atom stereocenters. The molecule has 0 bridgehead atoms. The van der Waals surface area contributed by atoms with Gasteiger partial charge in [-0.15, -0.1) is 0 Å². The molecule has 1 N–H and O–H groups in total. The van der Waals surface area contributed by atoms with Gasteiger partial charge in [-0.25, -0.2) is 5.53 Å². The lowest BCUT2D eigenvalue weighted by molar-refractivity contribution is 1.12. The van der Waals surface area contributed by atoms with E-state index in [1.807, 2.05) is 13.8 Å². The topological polar surface area (TPSA) is 36.2 Å². The highest BCUT2D eigenvalue weighted by molar-refractivity contribution is 4.89. The summed E-state index contributed by atoms with van der Waals surface area (Å²) in [6.07, 6.45) is 1.50. The minimum atomic E-state index is 1.06. The van der Waals surface area contributed by atoms with Crippen molar-refractivity contribution < 1.29 is 0 Å². The van der Waals surface area contributed by atoms with Crippen molar-refractivity contribution in [2.45, 2.75) is 13.8 Å². The molecule has 0 saturated carbocycles. The first-order chi connectivity index (χ1) is 2.77. The van der Waals surface area contributed by atoms with Gasteiger partial charge in [0.05, 0.1) is 0 Å². The van der Waals surface area contributed by atoms with Crippen LogP contribution in [0.3, 0.4) is 0 Å². The first kappa shape index (κ1) is 5.34. The Morgan fingerprint density at radius 1 is 1.67 bits per heavy atom. The van der Waals surface area contributed by atoms with Crippen LogP contribution in [0.4, 0.5) is 0 Å². The molecule has 2 nitrogen and oxygen atoms in total. The summed E-state index contributed by atoms with van der Waals surface area (Å²) in [6, 6.07) is 0. The number of rotatable bonds is 1. The van der Waals surface area contributed by atoms with Gasteiger partial charge in [-0.05, 0) is 13.8 Å². The SMILES string of the molecule is CC(C)=CN=N. The second-order valence-corrected chi connectivity index (χ2v) is 1.34. The Bertz CT molecular complexity index is 69.6. The second-order valence-electron chi connectivity index (χ2n) is 1.34. The van der Waals surface area contributed by atoms with Crippen LogP contribution in [0.2, 0.25) is 0 Å². The van der Waals surface area contributed by atoms with Crippen LogP contribution in [0.15, 0.2) is 16.9 Å². The van der Waals surface area contributed by atoms with Crippen LogP contribution in [0.1, 0.15) is 13.8 Å². The van der Waals surface area contributed by atoms with E-state index in [2.05, 4.69) is 5.11 Å². The summed E-state index contributed by atoms with van der Waals surface area (Å²) in [5, 5.41) is 3.02. The van der Waals surface area contributed by atoms with Gasteiger partial charge in [-0.1, -0.05) is 5.57 Å². The van der Waals surface area contributed by atoms with Crippen molar-refractivity contribution >= 4 is 0 Å². The number of allylic oxidation sites excluding steroid dienone is 1. The molecule has 2 heteroatoms. The monoisotopic (exact) mass is 84.1 g/mol. The average molecular weight is 84.1 g/mol. The molecule has 6 heavy (non-hydrogen) atoms. The molecule has 0 fully saturated rings. The van der Waals surface area contributed by atoms with Crippen LogP contribution < -0.4 is 0 Å². The van der Waals surface area contributed by atoms with E-state index < -0.39 is 0 Å². The van der Waals surface area contributed by atoms with Crippen LogP contribution in [-0.4, -0.2) is 0 Å². The number of nitrogens with zero attached hydrogens (tertiary/aromatic N) is 1. The molecule has 0 amide bonds. The average Bonchev–Trinajstić information content (AvgIpc) is 1.35. The largest absolute Gasteiger partial charge is 0.205 e. The van der Waals surface area contributed by atoms with Crippen LogP contribution in [-0.2, 0) is 0 Å². The van der Waals surface area contributed by atoms with Gasteiger partial charge >= 0.3 is 0 Å². The Morgan fingerprint density at radius 3 is 2.17 bits per heavy atom. The first-order valence-corrected chi connectivity index (χ1v) is 1.77. The quantitative estimate of drug-likeness (QED) is 0.471. The molecule has 0 spiro atoms. The number of hydrogen-bond acceptors (Lipinski definition) is 2. The van der Waals surface area contributed by atoms with Crippen molar-refractivity contribution in [1.29, 1.82) is 5.53 Å². The minimum Gasteiger partial charge on any atom is -0.205 e. The van der Waals surface area contributed by atoms with E-state index in [1.54, 1.807) is 0 Å². The fraction of sp³-hybridized carbons (Fsp3) is 0.500. The highest BCUT2D eigenvalue weighted by Crippen LogP contribution is 1.85. The summed E-state index contributed by atoms with van der Waals surface area (Å²) in [4.78, 5) is 0. The Morgan fingerprint density at radius 2 is 2.17 bits per heavy atom.